The van der Waals surface area contributed by atoms with E-state index in [2.05, 4.69) is 34.3 Å². The maximum absolute atomic E-state index is 12.1. The highest BCUT2D eigenvalue weighted by Crippen LogP contribution is 2.22. The molecular weight excluding hydrogens is 280 g/mol. The normalized spacial score (nSPS) is 10.3. The van der Waals surface area contributed by atoms with Crippen molar-refractivity contribution in [2.45, 2.75) is 20.8 Å². The average Bonchev–Trinajstić information content (AvgIpc) is 2.51. The number of aromatic amines is 1. The molecule has 0 saturated carbocycles. The van der Waals surface area contributed by atoms with Gasteiger partial charge in [0.1, 0.15) is 5.69 Å². The van der Waals surface area contributed by atoms with E-state index in [0.717, 1.165) is 30.0 Å². The summed E-state index contributed by atoms with van der Waals surface area (Å²) in [5, 5.41) is 8.77. The van der Waals surface area contributed by atoms with Gasteiger partial charge >= 0.3 is 0 Å². The van der Waals surface area contributed by atoms with Gasteiger partial charge in [0.15, 0.2) is 0 Å². The molecule has 22 heavy (non-hydrogen) atoms. The number of hydrogen-bond donors (Lipinski definition) is 2. The summed E-state index contributed by atoms with van der Waals surface area (Å²) < 4.78 is 0. The van der Waals surface area contributed by atoms with E-state index >= 15 is 0 Å². The van der Waals surface area contributed by atoms with Crippen LogP contribution in [0.1, 0.15) is 29.9 Å². The number of nitrogens with zero attached hydrogens (tertiary/aromatic N) is 2. The van der Waals surface area contributed by atoms with Gasteiger partial charge < -0.3 is 10.2 Å². The minimum absolute atomic E-state index is 0.173. The van der Waals surface area contributed by atoms with Crippen LogP contribution < -0.4 is 15.8 Å². The quantitative estimate of drug-likeness (QED) is 0.887. The Hall–Kier alpha value is -2.63. The standard InChI is InChI=1S/C16H20N4O2/c1-4-20(5-2)12-6-7-13(11(3)10-12)17-16(22)14-8-9-15(21)19-18-14/h6-10H,4-5H2,1-3H3,(H,17,22)(H,19,21). The summed E-state index contributed by atoms with van der Waals surface area (Å²) in [5.41, 5.74) is 2.67. The molecule has 2 rings (SSSR count). The van der Waals surface area contributed by atoms with Crippen LogP contribution >= 0.6 is 0 Å². The highest BCUT2D eigenvalue weighted by atomic mass is 16.2. The van der Waals surface area contributed by atoms with Crippen molar-refractivity contribution in [2.75, 3.05) is 23.3 Å². The first kappa shape index (κ1) is 15.8. The van der Waals surface area contributed by atoms with E-state index in [9.17, 15) is 9.59 Å². The number of rotatable bonds is 5. The van der Waals surface area contributed by atoms with E-state index in [4.69, 9.17) is 0 Å². The van der Waals surface area contributed by atoms with Crippen LogP contribution in [0.3, 0.4) is 0 Å². The number of aromatic nitrogens is 2. The predicted octanol–water partition coefficient (Wildman–Crippen LogP) is 2.18. The molecule has 2 N–H and O–H groups in total. The molecule has 0 aliphatic heterocycles. The molecule has 2 aromatic rings. The van der Waals surface area contributed by atoms with Gasteiger partial charge in [-0.2, -0.15) is 5.10 Å². The second-order valence-electron chi connectivity index (χ2n) is 4.93. The molecular formula is C16H20N4O2. The maximum Gasteiger partial charge on any atom is 0.276 e. The van der Waals surface area contributed by atoms with Crippen LogP contribution in [-0.2, 0) is 0 Å². The van der Waals surface area contributed by atoms with Crippen LogP contribution in [0.2, 0.25) is 0 Å². The largest absolute Gasteiger partial charge is 0.372 e. The van der Waals surface area contributed by atoms with E-state index < -0.39 is 0 Å². The van der Waals surface area contributed by atoms with Gasteiger partial charge in [-0.1, -0.05) is 0 Å². The first-order valence-electron chi connectivity index (χ1n) is 7.27. The molecule has 1 aromatic heterocycles. The van der Waals surface area contributed by atoms with Crippen molar-refractivity contribution >= 4 is 17.3 Å². The predicted molar refractivity (Wildman–Crippen MR) is 87.6 cm³/mol. The van der Waals surface area contributed by atoms with Crippen molar-refractivity contribution < 1.29 is 4.79 Å². The van der Waals surface area contributed by atoms with Gasteiger partial charge in [0.2, 0.25) is 0 Å². The van der Waals surface area contributed by atoms with E-state index in [1.54, 1.807) is 0 Å². The molecule has 1 aromatic carbocycles. The number of nitrogens with one attached hydrogen (secondary N) is 2. The third kappa shape index (κ3) is 3.52. The van der Waals surface area contributed by atoms with Crippen molar-refractivity contribution in [1.29, 1.82) is 0 Å². The molecule has 0 radical (unpaired) electrons. The summed E-state index contributed by atoms with van der Waals surface area (Å²) >= 11 is 0. The summed E-state index contributed by atoms with van der Waals surface area (Å²) in [6, 6.07) is 8.58. The van der Waals surface area contributed by atoms with Crippen LogP contribution in [0.4, 0.5) is 11.4 Å². The SMILES string of the molecule is CCN(CC)c1ccc(NC(=O)c2ccc(=O)[nH]n2)c(C)c1. The number of benzene rings is 1. The molecule has 116 valence electrons. The van der Waals surface area contributed by atoms with Crippen molar-refractivity contribution in [3.63, 3.8) is 0 Å². The van der Waals surface area contributed by atoms with Gasteiger partial charge in [-0.3, -0.25) is 9.59 Å². The van der Waals surface area contributed by atoms with Crippen LogP contribution in [-0.4, -0.2) is 29.2 Å². The monoisotopic (exact) mass is 300 g/mol. The highest BCUT2D eigenvalue weighted by molar-refractivity contribution is 6.03. The Morgan fingerprint density at radius 1 is 1.23 bits per heavy atom. The molecule has 0 aliphatic rings. The molecule has 0 atom stereocenters. The third-order valence-corrected chi connectivity index (χ3v) is 3.50. The summed E-state index contributed by atoms with van der Waals surface area (Å²) in [6.07, 6.45) is 0. The smallest absolute Gasteiger partial charge is 0.276 e. The minimum Gasteiger partial charge on any atom is -0.372 e. The van der Waals surface area contributed by atoms with E-state index in [-0.39, 0.29) is 17.2 Å². The Morgan fingerprint density at radius 3 is 2.50 bits per heavy atom. The number of carbonyl (C=O) groups excluding carboxylic acids is 1. The lowest BCUT2D eigenvalue weighted by Crippen LogP contribution is -2.22. The van der Waals surface area contributed by atoms with Gasteiger partial charge in [-0.25, -0.2) is 5.10 Å². The van der Waals surface area contributed by atoms with E-state index in [1.807, 2.05) is 25.1 Å². The fourth-order valence-electron chi connectivity index (χ4n) is 2.23. The molecule has 0 spiro atoms. The van der Waals surface area contributed by atoms with Gasteiger partial charge in [0.05, 0.1) is 0 Å². The molecule has 1 amide bonds. The zero-order chi connectivity index (χ0) is 16.1. The third-order valence-electron chi connectivity index (χ3n) is 3.50. The molecule has 0 fully saturated rings. The lowest BCUT2D eigenvalue weighted by Gasteiger charge is -2.22. The van der Waals surface area contributed by atoms with E-state index in [1.165, 1.54) is 12.1 Å². The summed E-state index contributed by atoms with van der Waals surface area (Å²) in [4.78, 5) is 25.3. The Balaban J connectivity index is 2.18. The molecule has 0 aliphatic carbocycles. The van der Waals surface area contributed by atoms with Crippen molar-refractivity contribution in [3.8, 4) is 0 Å². The Kier molecular flexibility index (Phi) is 4.93. The van der Waals surface area contributed by atoms with Gasteiger partial charge in [0, 0.05) is 30.5 Å². The zero-order valence-corrected chi connectivity index (χ0v) is 13.0. The van der Waals surface area contributed by atoms with Crippen LogP contribution in [0, 0.1) is 6.92 Å². The molecule has 0 bridgehead atoms. The number of carbonyl (C=O) groups is 1. The summed E-state index contributed by atoms with van der Waals surface area (Å²) in [5.74, 6) is -0.352. The fraction of sp³-hybridized carbons (Fsp3) is 0.312. The second kappa shape index (κ2) is 6.89. The molecule has 6 heteroatoms. The first-order chi connectivity index (χ1) is 10.5. The molecule has 0 saturated heterocycles. The second-order valence-corrected chi connectivity index (χ2v) is 4.93. The highest BCUT2D eigenvalue weighted by Gasteiger charge is 2.10. The van der Waals surface area contributed by atoms with E-state index in [0.29, 0.717) is 0 Å². The van der Waals surface area contributed by atoms with Crippen LogP contribution in [0.5, 0.6) is 0 Å². The number of aryl methyl sites for hydroxylation is 1. The topological polar surface area (TPSA) is 78.1 Å². The average molecular weight is 300 g/mol. The number of H-pyrrole nitrogens is 1. The lowest BCUT2D eigenvalue weighted by molar-refractivity contribution is 0.102. The van der Waals surface area contributed by atoms with Crippen molar-refractivity contribution in [2.24, 2.45) is 0 Å². The van der Waals surface area contributed by atoms with Gasteiger partial charge in [0.25, 0.3) is 11.5 Å². The van der Waals surface area contributed by atoms with Gasteiger partial charge in [-0.05, 0) is 50.6 Å². The number of hydrogen-bond acceptors (Lipinski definition) is 4. The Bertz CT molecular complexity index is 700. The minimum atomic E-state index is -0.352. The lowest BCUT2D eigenvalue weighted by atomic mass is 10.1. The summed E-state index contributed by atoms with van der Waals surface area (Å²) in [6.45, 7) is 8.03. The van der Waals surface area contributed by atoms with Gasteiger partial charge in [-0.15, -0.1) is 0 Å². The Labute approximate surface area is 129 Å². The molecule has 1 heterocycles. The zero-order valence-electron chi connectivity index (χ0n) is 13.0. The van der Waals surface area contributed by atoms with Crippen molar-refractivity contribution in [1.82, 2.24) is 10.2 Å². The fourth-order valence-corrected chi connectivity index (χ4v) is 2.23. The Morgan fingerprint density at radius 2 is 1.95 bits per heavy atom. The first-order valence-corrected chi connectivity index (χ1v) is 7.27. The molecule has 0 unspecified atom stereocenters. The number of anilines is 2. The maximum atomic E-state index is 12.1. The summed E-state index contributed by atoms with van der Waals surface area (Å²) in [7, 11) is 0. The van der Waals surface area contributed by atoms with Crippen LogP contribution in [0.25, 0.3) is 0 Å². The molecule has 6 nitrogen and oxygen atoms in total. The number of amides is 1. The van der Waals surface area contributed by atoms with Crippen LogP contribution in [0.15, 0.2) is 35.1 Å². The van der Waals surface area contributed by atoms with Crippen molar-refractivity contribution in [3.05, 3.63) is 51.9 Å².